The number of unbranched alkanes of at least 4 members (excludes halogenated alkanes) is 3. The minimum atomic E-state index is 0.622. The SMILES string of the molecule is SCCCCCCNc1nc(NCc2ccccc2)n[nH]1. The second kappa shape index (κ2) is 9.28. The quantitative estimate of drug-likeness (QED) is 0.402. The van der Waals surface area contributed by atoms with Crippen LogP contribution in [0.15, 0.2) is 30.3 Å². The summed E-state index contributed by atoms with van der Waals surface area (Å²) in [6.45, 7) is 1.64. The van der Waals surface area contributed by atoms with E-state index in [2.05, 4.69) is 50.6 Å². The molecule has 21 heavy (non-hydrogen) atoms. The van der Waals surface area contributed by atoms with Crippen molar-refractivity contribution in [2.75, 3.05) is 22.9 Å². The Kier molecular flexibility index (Phi) is 6.94. The first-order chi connectivity index (χ1) is 10.4. The van der Waals surface area contributed by atoms with E-state index in [4.69, 9.17) is 0 Å². The van der Waals surface area contributed by atoms with Crippen LogP contribution in [0.2, 0.25) is 0 Å². The number of aromatic nitrogens is 3. The van der Waals surface area contributed by atoms with Crippen molar-refractivity contribution in [1.82, 2.24) is 15.2 Å². The van der Waals surface area contributed by atoms with E-state index in [1.807, 2.05) is 18.2 Å². The maximum absolute atomic E-state index is 4.36. The van der Waals surface area contributed by atoms with Gasteiger partial charge in [-0.1, -0.05) is 43.2 Å². The molecule has 3 N–H and O–H groups in total. The number of H-pyrrole nitrogens is 1. The van der Waals surface area contributed by atoms with Gasteiger partial charge in [0.1, 0.15) is 0 Å². The molecule has 0 aliphatic heterocycles. The lowest BCUT2D eigenvalue weighted by Crippen LogP contribution is -2.03. The minimum Gasteiger partial charge on any atom is -0.355 e. The molecule has 0 saturated heterocycles. The lowest BCUT2D eigenvalue weighted by molar-refractivity contribution is 0.688. The number of benzene rings is 1. The molecule has 6 heteroatoms. The third kappa shape index (κ3) is 6.08. The predicted octanol–water partition coefficient (Wildman–Crippen LogP) is 3.32. The fourth-order valence-corrected chi connectivity index (χ4v) is 2.22. The van der Waals surface area contributed by atoms with Crippen molar-refractivity contribution in [3.05, 3.63) is 35.9 Å². The van der Waals surface area contributed by atoms with Crippen LogP contribution >= 0.6 is 12.6 Å². The number of nitrogens with one attached hydrogen (secondary N) is 3. The molecule has 0 spiro atoms. The topological polar surface area (TPSA) is 65.6 Å². The lowest BCUT2D eigenvalue weighted by Gasteiger charge is -2.02. The summed E-state index contributed by atoms with van der Waals surface area (Å²) in [5.41, 5.74) is 1.21. The summed E-state index contributed by atoms with van der Waals surface area (Å²) in [6.07, 6.45) is 4.80. The number of hydrogen-bond donors (Lipinski definition) is 4. The first kappa shape index (κ1) is 15.7. The monoisotopic (exact) mass is 305 g/mol. The van der Waals surface area contributed by atoms with Gasteiger partial charge in [-0.25, -0.2) is 5.10 Å². The van der Waals surface area contributed by atoms with Gasteiger partial charge in [-0.15, -0.1) is 5.10 Å². The summed E-state index contributed by atoms with van der Waals surface area (Å²) in [7, 11) is 0. The Hall–Kier alpha value is -1.69. The smallest absolute Gasteiger partial charge is 0.243 e. The molecule has 0 atom stereocenters. The largest absolute Gasteiger partial charge is 0.355 e. The molecule has 114 valence electrons. The second-order valence-electron chi connectivity index (χ2n) is 4.91. The molecular weight excluding hydrogens is 282 g/mol. The number of thiol groups is 1. The van der Waals surface area contributed by atoms with Crippen LogP contribution in [0.1, 0.15) is 31.2 Å². The fraction of sp³-hybridized carbons (Fsp3) is 0.467. The minimum absolute atomic E-state index is 0.622. The summed E-state index contributed by atoms with van der Waals surface area (Å²) >= 11 is 4.21. The van der Waals surface area contributed by atoms with Crippen LogP contribution in [-0.2, 0) is 6.54 Å². The summed E-state index contributed by atoms with van der Waals surface area (Å²) < 4.78 is 0. The zero-order valence-corrected chi connectivity index (χ0v) is 13.1. The first-order valence-electron chi connectivity index (χ1n) is 7.43. The zero-order chi connectivity index (χ0) is 14.8. The molecule has 0 amide bonds. The summed E-state index contributed by atoms with van der Waals surface area (Å²) in [5, 5.41) is 13.5. The summed E-state index contributed by atoms with van der Waals surface area (Å²) in [6, 6.07) is 10.2. The molecule has 1 aromatic carbocycles. The fourth-order valence-electron chi connectivity index (χ4n) is 1.99. The molecule has 0 unspecified atom stereocenters. The van der Waals surface area contributed by atoms with Crippen LogP contribution in [-0.4, -0.2) is 27.5 Å². The van der Waals surface area contributed by atoms with E-state index in [0.717, 1.165) is 31.2 Å². The van der Waals surface area contributed by atoms with Gasteiger partial charge < -0.3 is 10.6 Å². The normalized spacial score (nSPS) is 10.5. The number of nitrogens with zero attached hydrogens (tertiary/aromatic N) is 2. The Balaban J connectivity index is 1.64. The van der Waals surface area contributed by atoms with E-state index in [1.54, 1.807) is 0 Å². The van der Waals surface area contributed by atoms with Crippen LogP contribution in [0.25, 0.3) is 0 Å². The van der Waals surface area contributed by atoms with E-state index in [9.17, 15) is 0 Å². The van der Waals surface area contributed by atoms with Crippen molar-refractivity contribution in [2.45, 2.75) is 32.2 Å². The van der Waals surface area contributed by atoms with Crippen LogP contribution in [0.3, 0.4) is 0 Å². The molecule has 0 saturated carbocycles. The number of aromatic amines is 1. The van der Waals surface area contributed by atoms with Gasteiger partial charge >= 0.3 is 0 Å². The highest BCUT2D eigenvalue weighted by Crippen LogP contribution is 2.07. The van der Waals surface area contributed by atoms with E-state index in [0.29, 0.717) is 5.95 Å². The average Bonchev–Trinajstić information content (AvgIpc) is 2.98. The van der Waals surface area contributed by atoms with Crippen LogP contribution < -0.4 is 10.6 Å². The van der Waals surface area contributed by atoms with E-state index >= 15 is 0 Å². The van der Waals surface area contributed by atoms with E-state index in [1.165, 1.54) is 24.8 Å². The maximum atomic E-state index is 4.36. The van der Waals surface area contributed by atoms with E-state index < -0.39 is 0 Å². The van der Waals surface area contributed by atoms with Crippen LogP contribution in [0, 0.1) is 0 Å². The van der Waals surface area contributed by atoms with Crippen molar-refractivity contribution in [3.8, 4) is 0 Å². The van der Waals surface area contributed by atoms with Crippen molar-refractivity contribution in [2.24, 2.45) is 0 Å². The lowest BCUT2D eigenvalue weighted by atomic mass is 10.2. The maximum Gasteiger partial charge on any atom is 0.243 e. The van der Waals surface area contributed by atoms with Crippen LogP contribution in [0.4, 0.5) is 11.9 Å². The van der Waals surface area contributed by atoms with Gasteiger partial charge in [-0.2, -0.15) is 17.6 Å². The zero-order valence-electron chi connectivity index (χ0n) is 12.2. The molecule has 0 fully saturated rings. The third-order valence-electron chi connectivity index (χ3n) is 3.16. The standard InChI is InChI=1S/C15H23N5S/c21-11-7-2-1-6-10-16-14-18-15(20-19-14)17-12-13-8-4-3-5-9-13/h3-5,8-9,21H,1-2,6-7,10-12H2,(H3,16,17,18,19,20). The second-order valence-corrected chi connectivity index (χ2v) is 5.36. The number of anilines is 2. The molecule has 0 aliphatic carbocycles. The van der Waals surface area contributed by atoms with E-state index in [-0.39, 0.29) is 0 Å². The van der Waals surface area contributed by atoms with Crippen molar-refractivity contribution in [3.63, 3.8) is 0 Å². The van der Waals surface area contributed by atoms with Crippen LogP contribution in [0.5, 0.6) is 0 Å². The highest BCUT2D eigenvalue weighted by Gasteiger charge is 2.01. The Morgan fingerprint density at radius 1 is 1.00 bits per heavy atom. The van der Waals surface area contributed by atoms with Crippen molar-refractivity contribution < 1.29 is 0 Å². The Labute approximate surface area is 131 Å². The number of hydrogen-bond acceptors (Lipinski definition) is 5. The summed E-state index contributed by atoms with van der Waals surface area (Å²) in [5.74, 6) is 2.32. The van der Waals surface area contributed by atoms with Gasteiger partial charge in [0.15, 0.2) is 0 Å². The van der Waals surface area contributed by atoms with Crippen molar-refractivity contribution >= 4 is 24.5 Å². The molecule has 0 radical (unpaired) electrons. The molecule has 0 bridgehead atoms. The molecular formula is C15H23N5S. The van der Waals surface area contributed by atoms with Gasteiger partial charge in [-0.05, 0) is 24.2 Å². The predicted molar refractivity (Wildman–Crippen MR) is 91.0 cm³/mol. The summed E-state index contributed by atoms with van der Waals surface area (Å²) in [4.78, 5) is 4.36. The molecule has 2 aromatic rings. The van der Waals surface area contributed by atoms with Gasteiger partial charge in [0, 0.05) is 13.1 Å². The Morgan fingerprint density at radius 3 is 2.62 bits per heavy atom. The van der Waals surface area contributed by atoms with Gasteiger partial charge in [0.05, 0.1) is 0 Å². The number of rotatable bonds is 10. The van der Waals surface area contributed by atoms with Crippen molar-refractivity contribution in [1.29, 1.82) is 0 Å². The average molecular weight is 305 g/mol. The van der Waals surface area contributed by atoms with Gasteiger partial charge in [-0.3, -0.25) is 0 Å². The molecule has 0 aliphatic rings. The Morgan fingerprint density at radius 2 is 1.81 bits per heavy atom. The molecule has 1 heterocycles. The molecule has 1 aromatic heterocycles. The Bertz CT molecular complexity index is 500. The highest BCUT2D eigenvalue weighted by atomic mass is 32.1. The van der Waals surface area contributed by atoms with Gasteiger partial charge in [0.2, 0.25) is 11.9 Å². The highest BCUT2D eigenvalue weighted by molar-refractivity contribution is 7.80. The first-order valence-corrected chi connectivity index (χ1v) is 8.06. The van der Waals surface area contributed by atoms with Gasteiger partial charge in [0.25, 0.3) is 0 Å². The molecule has 2 rings (SSSR count). The third-order valence-corrected chi connectivity index (χ3v) is 3.47. The molecule has 5 nitrogen and oxygen atoms in total.